The molecule has 0 radical (unpaired) electrons. The van der Waals surface area contributed by atoms with Gasteiger partial charge in [0.2, 0.25) is 11.7 Å². The van der Waals surface area contributed by atoms with E-state index in [0.29, 0.717) is 39.8 Å². The lowest BCUT2D eigenvalue weighted by Crippen LogP contribution is -2.24. The van der Waals surface area contributed by atoms with Gasteiger partial charge >= 0.3 is 0 Å². The van der Waals surface area contributed by atoms with E-state index in [0.717, 1.165) is 5.56 Å². The first kappa shape index (κ1) is 22.6. The molecular weight excluding hydrogens is 469 g/mol. The molecule has 0 atom stereocenters. The van der Waals surface area contributed by atoms with Crippen LogP contribution in [-0.4, -0.2) is 37.9 Å². The number of ether oxygens (including phenoxy) is 1. The highest BCUT2D eigenvalue weighted by Crippen LogP contribution is 2.24. The van der Waals surface area contributed by atoms with Gasteiger partial charge in [-0.2, -0.15) is 0 Å². The molecule has 0 saturated heterocycles. The molecule has 0 aliphatic rings. The molecule has 5 rings (SSSR count). The standard InChI is InChI=1S/C25H20FN5O3S/c1-34-19-12-10-18(11-13-19)30-23(33)20-4-2-3-5-21(20)31-24(30)28-29-25(31)35-15-22(32)27-14-16-6-8-17(26)9-7-16/h2-13H,14-15H2,1H3,(H,27,32). The van der Waals surface area contributed by atoms with E-state index in [-0.39, 0.29) is 23.0 Å². The predicted molar refractivity (Wildman–Crippen MR) is 132 cm³/mol. The maximum atomic E-state index is 13.4. The van der Waals surface area contributed by atoms with Crippen LogP contribution in [0.5, 0.6) is 5.75 Å². The van der Waals surface area contributed by atoms with Crippen molar-refractivity contribution < 1.29 is 13.9 Å². The van der Waals surface area contributed by atoms with Gasteiger partial charge in [-0.15, -0.1) is 10.2 Å². The second kappa shape index (κ2) is 9.59. The summed E-state index contributed by atoms with van der Waals surface area (Å²) in [4.78, 5) is 25.8. The number of aromatic nitrogens is 4. The Kier molecular flexibility index (Phi) is 6.19. The zero-order valence-corrected chi connectivity index (χ0v) is 19.5. The molecule has 8 nitrogen and oxygen atoms in total. The van der Waals surface area contributed by atoms with Crippen molar-refractivity contribution in [2.45, 2.75) is 11.7 Å². The zero-order valence-electron chi connectivity index (χ0n) is 18.6. The lowest BCUT2D eigenvalue weighted by Gasteiger charge is -2.12. The monoisotopic (exact) mass is 489 g/mol. The highest BCUT2D eigenvalue weighted by Gasteiger charge is 2.18. The van der Waals surface area contributed by atoms with E-state index >= 15 is 0 Å². The fourth-order valence-electron chi connectivity index (χ4n) is 3.72. The molecular formula is C25H20FN5O3S. The minimum Gasteiger partial charge on any atom is -0.497 e. The van der Waals surface area contributed by atoms with Crippen molar-refractivity contribution in [1.29, 1.82) is 0 Å². The Balaban J connectivity index is 1.46. The van der Waals surface area contributed by atoms with Gasteiger partial charge in [-0.3, -0.25) is 14.0 Å². The van der Waals surface area contributed by atoms with Gasteiger partial charge in [-0.05, 0) is 54.1 Å². The Morgan fingerprint density at radius 1 is 1.03 bits per heavy atom. The van der Waals surface area contributed by atoms with Crippen LogP contribution in [0, 0.1) is 5.82 Å². The molecule has 1 amide bonds. The van der Waals surface area contributed by atoms with Gasteiger partial charge in [-0.1, -0.05) is 36.0 Å². The van der Waals surface area contributed by atoms with Crippen molar-refractivity contribution in [3.63, 3.8) is 0 Å². The number of halogens is 1. The second-order valence-corrected chi connectivity index (χ2v) is 8.61. The van der Waals surface area contributed by atoms with Crippen LogP contribution in [0.4, 0.5) is 4.39 Å². The highest BCUT2D eigenvalue weighted by atomic mass is 32.2. The molecule has 2 heterocycles. The molecule has 10 heteroatoms. The number of rotatable bonds is 7. The Hall–Kier alpha value is -4.18. The van der Waals surface area contributed by atoms with Crippen LogP contribution in [0.15, 0.2) is 82.7 Å². The van der Waals surface area contributed by atoms with Crippen LogP contribution < -0.4 is 15.6 Å². The van der Waals surface area contributed by atoms with Crippen molar-refractivity contribution in [3.05, 3.63) is 94.5 Å². The van der Waals surface area contributed by atoms with Crippen LogP contribution in [0.2, 0.25) is 0 Å². The summed E-state index contributed by atoms with van der Waals surface area (Å²) in [5.41, 5.74) is 1.84. The number of carbonyl (C=O) groups is 1. The minimum atomic E-state index is -0.324. The van der Waals surface area contributed by atoms with E-state index in [9.17, 15) is 14.0 Å². The smallest absolute Gasteiger partial charge is 0.267 e. The van der Waals surface area contributed by atoms with Gasteiger partial charge in [0.15, 0.2) is 5.16 Å². The predicted octanol–water partition coefficient (Wildman–Crippen LogP) is 3.59. The van der Waals surface area contributed by atoms with E-state index < -0.39 is 0 Å². The van der Waals surface area contributed by atoms with E-state index in [4.69, 9.17) is 4.74 Å². The van der Waals surface area contributed by atoms with Crippen molar-refractivity contribution in [2.24, 2.45) is 0 Å². The fourth-order valence-corrected chi connectivity index (χ4v) is 4.49. The number of hydrogen-bond acceptors (Lipinski definition) is 6. The van der Waals surface area contributed by atoms with Crippen molar-refractivity contribution in [2.75, 3.05) is 12.9 Å². The van der Waals surface area contributed by atoms with Crippen molar-refractivity contribution in [1.82, 2.24) is 24.5 Å². The molecule has 176 valence electrons. The lowest BCUT2D eigenvalue weighted by atomic mass is 10.2. The quantitative estimate of drug-likeness (QED) is 0.352. The molecule has 5 aromatic rings. The first-order chi connectivity index (χ1) is 17.0. The topological polar surface area (TPSA) is 90.5 Å². The molecule has 0 saturated carbocycles. The van der Waals surface area contributed by atoms with Crippen molar-refractivity contribution in [3.8, 4) is 11.4 Å². The number of amides is 1. The van der Waals surface area contributed by atoms with Crippen molar-refractivity contribution >= 4 is 34.3 Å². The first-order valence-electron chi connectivity index (χ1n) is 10.7. The number of hydrogen-bond donors (Lipinski definition) is 1. The number of thioether (sulfide) groups is 1. The molecule has 1 N–H and O–H groups in total. The molecule has 0 aliphatic carbocycles. The Morgan fingerprint density at radius 2 is 1.77 bits per heavy atom. The maximum Gasteiger partial charge on any atom is 0.267 e. The maximum absolute atomic E-state index is 13.4. The number of benzene rings is 3. The first-order valence-corrected chi connectivity index (χ1v) is 11.7. The number of fused-ring (bicyclic) bond motifs is 3. The van der Waals surface area contributed by atoms with Crippen LogP contribution in [0.1, 0.15) is 5.56 Å². The third kappa shape index (κ3) is 4.47. The van der Waals surface area contributed by atoms with Gasteiger partial charge in [0, 0.05) is 6.54 Å². The summed E-state index contributed by atoms with van der Waals surface area (Å²) in [7, 11) is 1.58. The van der Waals surface area contributed by atoms with E-state index in [1.54, 1.807) is 60.0 Å². The second-order valence-electron chi connectivity index (χ2n) is 7.67. The molecule has 0 bridgehead atoms. The van der Waals surface area contributed by atoms with Crippen LogP contribution in [0.25, 0.3) is 22.4 Å². The third-order valence-electron chi connectivity index (χ3n) is 5.46. The van der Waals surface area contributed by atoms with Crippen LogP contribution in [-0.2, 0) is 11.3 Å². The van der Waals surface area contributed by atoms with Gasteiger partial charge in [-0.25, -0.2) is 8.96 Å². The summed E-state index contributed by atoms with van der Waals surface area (Å²) in [6.07, 6.45) is 0. The largest absolute Gasteiger partial charge is 0.497 e. The highest BCUT2D eigenvalue weighted by molar-refractivity contribution is 7.99. The minimum absolute atomic E-state index is 0.0952. The lowest BCUT2D eigenvalue weighted by molar-refractivity contribution is -0.118. The molecule has 3 aromatic carbocycles. The summed E-state index contributed by atoms with van der Waals surface area (Å²) in [5.74, 6) is 0.576. The number of nitrogens with zero attached hydrogens (tertiary/aromatic N) is 4. The Bertz CT molecular complexity index is 1580. The summed E-state index contributed by atoms with van der Waals surface area (Å²) >= 11 is 1.21. The van der Waals surface area contributed by atoms with Gasteiger partial charge in [0.1, 0.15) is 11.6 Å². The number of carbonyl (C=O) groups excluding carboxylic acids is 1. The van der Waals surface area contributed by atoms with E-state index in [1.165, 1.54) is 28.5 Å². The number of methoxy groups -OCH3 is 1. The van der Waals surface area contributed by atoms with Crippen LogP contribution >= 0.6 is 11.8 Å². The Labute approximate surface area is 203 Å². The summed E-state index contributed by atoms with van der Waals surface area (Å²) in [6.45, 7) is 0.292. The Morgan fingerprint density at radius 3 is 2.51 bits per heavy atom. The molecule has 0 aliphatic heterocycles. The van der Waals surface area contributed by atoms with Crippen LogP contribution in [0.3, 0.4) is 0 Å². The van der Waals surface area contributed by atoms with E-state index in [2.05, 4.69) is 15.5 Å². The van der Waals surface area contributed by atoms with Gasteiger partial charge in [0.05, 0.1) is 29.5 Å². The average Bonchev–Trinajstić information content (AvgIpc) is 3.31. The number of para-hydroxylation sites is 1. The molecule has 0 unspecified atom stereocenters. The van der Waals surface area contributed by atoms with E-state index in [1.807, 2.05) is 12.1 Å². The molecule has 0 spiro atoms. The third-order valence-corrected chi connectivity index (χ3v) is 6.39. The fraction of sp³-hybridized carbons (Fsp3) is 0.120. The number of nitrogens with one attached hydrogen (secondary N) is 1. The average molecular weight is 490 g/mol. The summed E-state index contributed by atoms with van der Waals surface area (Å²) in [6, 6.07) is 20.3. The molecule has 0 fully saturated rings. The van der Waals surface area contributed by atoms with Gasteiger partial charge < -0.3 is 10.1 Å². The summed E-state index contributed by atoms with van der Waals surface area (Å²) < 4.78 is 21.6. The normalized spacial score (nSPS) is 11.1. The van der Waals surface area contributed by atoms with Gasteiger partial charge in [0.25, 0.3) is 5.56 Å². The SMILES string of the molecule is COc1ccc(-n2c(=O)c3ccccc3n3c(SCC(=O)NCc4ccc(F)cc4)nnc23)cc1. The molecule has 2 aromatic heterocycles. The zero-order chi connectivity index (χ0) is 24.4. The molecule has 35 heavy (non-hydrogen) atoms. The summed E-state index contributed by atoms with van der Waals surface area (Å²) in [5, 5.41) is 12.4.